The second kappa shape index (κ2) is 7.04. The fraction of sp³-hybridized carbons (Fsp3) is 0.438. The molecule has 1 aromatic heterocycles. The van der Waals surface area contributed by atoms with Crippen LogP contribution < -0.4 is 5.32 Å². The van der Waals surface area contributed by atoms with Crippen LogP contribution in [0.5, 0.6) is 0 Å². The molecule has 108 valence electrons. The Bertz CT molecular complexity index is 558. The largest absolute Gasteiger partial charge is 0.307 e. The number of nitrogens with zero attached hydrogens (tertiary/aromatic N) is 2. The van der Waals surface area contributed by atoms with Crippen LogP contribution >= 0.6 is 15.9 Å². The van der Waals surface area contributed by atoms with Crippen LogP contribution in [0.1, 0.15) is 36.4 Å². The Morgan fingerprint density at radius 3 is 2.25 bits per heavy atom. The van der Waals surface area contributed by atoms with Crippen LogP contribution in [-0.2, 0) is 33.0 Å². The van der Waals surface area contributed by atoms with E-state index >= 15 is 0 Å². The zero-order valence-corrected chi connectivity index (χ0v) is 14.0. The molecule has 0 atom stereocenters. The molecule has 0 fully saturated rings. The molecule has 0 aliphatic heterocycles. The number of rotatable bonds is 6. The maximum absolute atomic E-state index is 4.51. The average molecular weight is 336 g/mol. The number of halogens is 1. The number of nitrogens with one attached hydrogen (secondary N) is 1. The van der Waals surface area contributed by atoms with E-state index in [1.54, 1.807) is 0 Å². The fourth-order valence-corrected chi connectivity index (χ4v) is 2.99. The highest BCUT2D eigenvalue weighted by molar-refractivity contribution is 9.10. The van der Waals surface area contributed by atoms with Gasteiger partial charge in [0.05, 0.1) is 15.9 Å². The van der Waals surface area contributed by atoms with E-state index in [1.807, 2.05) is 11.7 Å². The van der Waals surface area contributed by atoms with Gasteiger partial charge in [-0.3, -0.25) is 4.68 Å². The number of aromatic nitrogens is 2. The SMILES string of the molecule is CCc1ccc(CNCc2c(Br)c(CC)nn2C)cc1. The van der Waals surface area contributed by atoms with E-state index in [-0.39, 0.29) is 0 Å². The highest BCUT2D eigenvalue weighted by Crippen LogP contribution is 2.21. The lowest BCUT2D eigenvalue weighted by Gasteiger charge is -2.07. The minimum atomic E-state index is 0.819. The van der Waals surface area contributed by atoms with E-state index in [9.17, 15) is 0 Å². The topological polar surface area (TPSA) is 29.9 Å². The molecule has 20 heavy (non-hydrogen) atoms. The maximum atomic E-state index is 4.51. The molecule has 1 N–H and O–H groups in total. The smallest absolute Gasteiger partial charge is 0.0767 e. The van der Waals surface area contributed by atoms with Gasteiger partial charge in [0, 0.05) is 20.1 Å². The molecule has 0 spiro atoms. The van der Waals surface area contributed by atoms with E-state index in [1.165, 1.54) is 16.8 Å². The van der Waals surface area contributed by atoms with Gasteiger partial charge in [-0.05, 0) is 39.9 Å². The van der Waals surface area contributed by atoms with Crippen molar-refractivity contribution in [2.45, 2.75) is 39.8 Å². The summed E-state index contributed by atoms with van der Waals surface area (Å²) in [6.07, 6.45) is 2.04. The highest BCUT2D eigenvalue weighted by Gasteiger charge is 2.11. The molecule has 2 aromatic rings. The van der Waals surface area contributed by atoms with E-state index in [4.69, 9.17) is 0 Å². The van der Waals surface area contributed by atoms with Gasteiger partial charge in [0.1, 0.15) is 0 Å². The molecular formula is C16H22BrN3. The summed E-state index contributed by atoms with van der Waals surface area (Å²) in [5.41, 5.74) is 5.02. The summed E-state index contributed by atoms with van der Waals surface area (Å²) < 4.78 is 3.09. The van der Waals surface area contributed by atoms with Crippen LogP contribution in [0, 0.1) is 0 Å². The first-order valence-electron chi connectivity index (χ1n) is 7.14. The first-order chi connectivity index (χ1) is 9.65. The molecule has 2 rings (SSSR count). The number of hydrogen-bond donors (Lipinski definition) is 1. The van der Waals surface area contributed by atoms with E-state index in [2.05, 4.69) is 64.5 Å². The van der Waals surface area contributed by atoms with Crippen molar-refractivity contribution in [3.63, 3.8) is 0 Å². The van der Waals surface area contributed by atoms with Gasteiger partial charge in [0.15, 0.2) is 0 Å². The van der Waals surface area contributed by atoms with Crippen LogP contribution in [0.3, 0.4) is 0 Å². The zero-order valence-electron chi connectivity index (χ0n) is 12.4. The Morgan fingerprint density at radius 2 is 1.70 bits per heavy atom. The van der Waals surface area contributed by atoms with E-state index in [0.717, 1.165) is 36.1 Å². The molecule has 0 bridgehead atoms. The first kappa shape index (κ1) is 15.3. The second-order valence-corrected chi connectivity index (χ2v) is 5.75. The third kappa shape index (κ3) is 3.49. The van der Waals surface area contributed by atoms with Gasteiger partial charge in [-0.15, -0.1) is 0 Å². The van der Waals surface area contributed by atoms with E-state index in [0.29, 0.717) is 0 Å². The third-order valence-corrected chi connectivity index (χ3v) is 4.47. The number of benzene rings is 1. The number of hydrogen-bond acceptors (Lipinski definition) is 2. The van der Waals surface area contributed by atoms with Gasteiger partial charge in [0.2, 0.25) is 0 Å². The molecule has 0 saturated carbocycles. The summed E-state index contributed by atoms with van der Waals surface area (Å²) in [6.45, 7) is 6.00. The van der Waals surface area contributed by atoms with Crippen LogP contribution in [0.4, 0.5) is 0 Å². The minimum Gasteiger partial charge on any atom is -0.307 e. The van der Waals surface area contributed by atoms with Crippen molar-refractivity contribution in [1.82, 2.24) is 15.1 Å². The Balaban J connectivity index is 1.94. The quantitative estimate of drug-likeness (QED) is 0.874. The third-order valence-electron chi connectivity index (χ3n) is 3.56. The summed E-state index contributed by atoms with van der Waals surface area (Å²) in [5, 5.41) is 7.99. The van der Waals surface area contributed by atoms with Crippen molar-refractivity contribution in [2.75, 3.05) is 0 Å². The fourth-order valence-electron chi connectivity index (χ4n) is 2.23. The Hall–Kier alpha value is -1.13. The normalized spacial score (nSPS) is 11.0. The second-order valence-electron chi connectivity index (χ2n) is 4.96. The highest BCUT2D eigenvalue weighted by atomic mass is 79.9. The van der Waals surface area contributed by atoms with Crippen molar-refractivity contribution in [2.24, 2.45) is 7.05 Å². The van der Waals surface area contributed by atoms with Crippen molar-refractivity contribution in [3.8, 4) is 0 Å². The van der Waals surface area contributed by atoms with Crippen LogP contribution in [0.25, 0.3) is 0 Å². The Morgan fingerprint density at radius 1 is 1.05 bits per heavy atom. The van der Waals surface area contributed by atoms with Crippen LogP contribution in [-0.4, -0.2) is 9.78 Å². The molecule has 0 amide bonds. The minimum absolute atomic E-state index is 0.819. The monoisotopic (exact) mass is 335 g/mol. The standard InChI is InChI=1S/C16H22BrN3/c1-4-12-6-8-13(9-7-12)10-18-11-15-16(17)14(5-2)19-20(15)3/h6-9,18H,4-5,10-11H2,1-3H3. The molecule has 3 nitrogen and oxygen atoms in total. The Labute approximate surface area is 129 Å². The van der Waals surface area contributed by atoms with Gasteiger partial charge >= 0.3 is 0 Å². The lowest BCUT2D eigenvalue weighted by Crippen LogP contribution is -2.15. The van der Waals surface area contributed by atoms with Gasteiger partial charge in [-0.1, -0.05) is 38.1 Å². The summed E-state index contributed by atoms with van der Waals surface area (Å²) in [6, 6.07) is 8.79. The predicted molar refractivity (Wildman–Crippen MR) is 86.6 cm³/mol. The molecular weight excluding hydrogens is 314 g/mol. The number of aryl methyl sites for hydroxylation is 3. The molecule has 0 saturated heterocycles. The van der Waals surface area contributed by atoms with Crippen LogP contribution in [0.15, 0.2) is 28.7 Å². The average Bonchev–Trinajstić information content (AvgIpc) is 2.75. The molecule has 1 aromatic carbocycles. The lowest BCUT2D eigenvalue weighted by molar-refractivity contribution is 0.622. The molecule has 0 aliphatic rings. The predicted octanol–water partition coefficient (Wildman–Crippen LogP) is 3.60. The van der Waals surface area contributed by atoms with Crippen molar-refractivity contribution < 1.29 is 0 Å². The summed E-state index contributed by atoms with van der Waals surface area (Å²) in [7, 11) is 2.00. The Kier molecular flexibility index (Phi) is 5.38. The van der Waals surface area contributed by atoms with E-state index < -0.39 is 0 Å². The van der Waals surface area contributed by atoms with Gasteiger partial charge in [0.25, 0.3) is 0 Å². The molecule has 0 aliphatic carbocycles. The first-order valence-corrected chi connectivity index (χ1v) is 7.93. The lowest BCUT2D eigenvalue weighted by atomic mass is 10.1. The summed E-state index contributed by atoms with van der Waals surface area (Å²) >= 11 is 3.64. The molecule has 4 heteroatoms. The summed E-state index contributed by atoms with van der Waals surface area (Å²) in [4.78, 5) is 0. The van der Waals surface area contributed by atoms with Gasteiger partial charge in [-0.25, -0.2) is 0 Å². The zero-order chi connectivity index (χ0) is 14.5. The van der Waals surface area contributed by atoms with Gasteiger partial charge in [-0.2, -0.15) is 5.10 Å². The maximum Gasteiger partial charge on any atom is 0.0767 e. The van der Waals surface area contributed by atoms with Crippen molar-refractivity contribution in [3.05, 3.63) is 51.3 Å². The molecule has 0 radical (unpaired) electrons. The summed E-state index contributed by atoms with van der Waals surface area (Å²) in [5.74, 6) is 0. The van der Waals surface area contributed by atoms with Crippen LogP contribution in [0.2, 0.25) is 0 Å². The van der Waals surface area contributed by atoms with Crippen molar-refractivity contribution in [1.29, 1.82) is 0 Å². The molecule has 1 heterocycles. The van der Waals surface area contributed by atoms with Crippen molar-refractivity contribution >= 4 is 15.9 Å². The molecule has 0 unspecified atom stereocenters. The van der Waals surface area contributed by atoms with Gasteiger partial charge < -0.3 is 5.32 Å².